The highest BCUT2D eigenvalue weighted by atomic mass is 16.5. The van der Waals surface area contributed by atoms with Gasteiger partial charge in [0.1, 0.15) is 5.82 Å². The zero-order valence-electron chi connectivity index (χ0n) is 18.8. The summed E-state index contributed by atoms with van der Waals surface area (Å²) in [6.07, 6.45) is 2.48. The molecule has 0 saturated heterocycles. The summed E-state index contributed by atoms with van der Waals surface area (Å²) in [5.74, 6) is 0.495. The first-order valence-electron chi connectivity index (χ1n) is 11.1. The molecule has 1 aromatic heterocycles. The Morgan fingerprint density at radius 1 is 1.00 bits per heavy atom. The van der Waals surface area contributed by atoms with E-state index in [9.17, 15) is 9.59 Å². The molecular formula is C24H32N4O4. The lowest BCUT2D eigenvalue weighted by Crippen LogP contribution is -2.20. The number of para-hydroxylation sites is 1. The Morgan fingerprint density at radius 3 is 2.50 bits per heavy atom. The maximum absolute atomic E-state index is 12.9. The number of ether oxygens (including phenoxy) is 2. The standard InChI is InChI=1S/C24H32N4O4/c1-17-7-10-21(27-23(17)18-8-9-18)28-24(30)19-5-3-4-6-20(19)26-22(29)11-13-31-15-16-32-14-12-25-2/h3-7,10,18,25H,8-9,11-16H2,1-2H3,(H,26,29)(H,27,28,30). The molecule has 1 aliphatic rings. The smallest absolute Gasteiger partial charge is 0.258 e. The second-order valence-corrected chi connectivity index (χ2v) is 7.80. The lowest BCUT2D eigenvalue weighted by Gasteiger charge is -2.12. The zero-order chi connectivity index (χ0) is 22.8. The summed E-state index contributed by atoms with van der Waals surface area (Å²) in [5.41, 5.74) is 3.04. The van der Waals surface area contributed by atoms with Crippen molar-refractivity contribution < 1.29 is 19.1 Å². The Hall–Kier alpha value is -2.81. The van der Waals surface area contributed by atoms with E-state index in [1.54, 1.807) is 30.3 Å². The lowest BCUT2D eigenvalue weighted by atomic mass is 10.1. The van der Waals surface area contributed by atoms with Gasteiger partial charge < -0.3 is 25.4 Å². The van der Waals surface area contributed by atoms with Crippen LogP contribution in [0, 0.1) is 6.92 Å². The first-order valence-corrected chi connectivity index (χ1v) is 11.1. The van der Waals surface area contributed by atoms with Crippen LogP contribution >= 0.6 is 0 Å². The molecular weight excluding hydrogens is 408 g/mol. The third kappa shape index (κ3) is 7.40. The van der Waals surface area contributed by atoms with E-state index in [1.807, 2.05) is 20.0 Å². The molecule has 1 saturated carbocycles. The number of anilines is 2. The highest BCUT2D eigenvalue weighted by Gasteiger charge is 2.27. The predicted octanol–water partition coefficient (Wildman–Crippen LogP) is 3.10. The first kappa shape index (κ1) is 23.8. The van der Waals surface area contributed by atoms with Crippen molar-refractivity contribution in [3.63, 3.8) is 0 Å². The van der Waals surface area contributed by atoms with E-state index in [-0.39, 0.29) is 24.8 Å². The Bertz CT molecular complexity index is 915. The maximum Gasteiger partial charge on any atom is 0.258 e. The Labute approximate surface area is 189 Å². The number of carbonyl (C=O) groups is 2. The van der Waals surface area contributed by atoms with Gasteiger partial charge in [-0.15, -0.1) is 0 Å². The van der Waals surface area contributed by atoms with Crippen LogP contribution in [0.2, 0.25) is 0 Å². The third-order valence-electron chi connectivity index (χ3n) is 5.13. The van der Waals surface area contributed by atoms with Crippen LogP contribution in [0.4, 0.5) is 11.5 Å². The fraction of sp³-hybridized carbons (Fsp3) is 0.458. The number of hydrogen-bond acceptors (Lipinski definition) is 6. The van der Waals surface area contributed by atoms with E-state index in [1.165, 1.54) is 0 Å². The van der Waals surface area contributed by atoms with Gasteiger partial charge in [-0.25, -0.2) is 4.98 Å². The predicted molar refractivity (Wildman–Crippen MR) is 124 cm³/mol. The largest absolute Gasteiger partial charge is 0.379 e. The van der Waals surface area contributed by atoms with Gasteiger partial charge in [-0.3, -0.25) is 9.59 Å². The number of aromatic nitrogens is 1. The molecule has 0 spiro atoms. The van der Waals surface area contributed by atoms with Crippen LogP contribution in [0.5, 0.6) is 0 Å². The summed E-state index contributed by atoms with van der Waals surface area (Å²) in [6.45, 7) is 4.66. The van der Waals surface area contributed by atoms with Crippen molar-refractivity contribution in [3.05, 3.63) is 53.2 Å². The quantitative estimate of drug-likeness (QED) is 0.414. The van der Waals surface area contributed by atoms with Gasteiger partial charge in [-0.05, 0) is 50.6 Å². The lowest BCUT2D eigenvalue weighted by molar-refractivity contribution is -0.117. The molecule has 3 rings (SSSR count). The van der Waals surface area contributed by atoms with Gasteiger partial charge in [0, 0.05) is 18.2 Å². The highest BCUT2D eigenvalue weighted by molar-refractivity contribution is 6.09. The van der Waals surface area contributed by atoms with Crippen molar-refractivity contribution in [2.24, 2.45) is 0 Å². The molecule has 0 radical (unpaired) electrons. The number of aryl methyl sites for hydroxylation is 1. The zero-order valence-corrected chi connectivity index (χ0v) is 18.8. The molecule has 0 atom stereocenters. The fourth-order valence-electron chi connectivity index (χ4n) is 3.23. The molecule has 3 N–H and O–H groups in total. The van der Waals surface area contributed by atoms with E-state index in [2.05, 4.69) is 20.9 Å². The minimum Gasteiger partial charge on any atom is -0.379 e. The fourth-order valence-corrected chi connectivity index (χ4v) is 3.23. The number of carbonyl (C=O) groups excluding carboxylic acids is 2. The average molecular weight is 441 g/mol. The molecule has 172 valence electrons. The second-order valence-electron chi connectivity index (χ2n) is 7.80. The molecule has 2 amide bonds. The number of nitrogens with one attached hydrogen (secondary N) is 3. The van der Waals surface area contributed by atoms with E-state index in [0.717, 1.165) is 30.6 Å². The second kappa shape index (κ2) is 12.3. The van der Waals surface area contributed by atoms with Crippen molar-refractivity contribution >= 4 is 23.3 Å². The Kier molecular flexibility index (Phi) is 9.15. The van der Waals surface area contributed by atoms with Gasteiger partial charge in [0.05, 0.1) is 44.1 Å². The Morgan fingerprint density at radius 2 is 1.75 bits per heavy atom. The van der Waals surface area contributed by atoms with Gasteiger partial charge in [0.2, 0.25) is 5.91 Å². The number of nitrogens with zero attached hydrogens (tertiary/aromatic N) is 1. The van der Waals surface area contributed by atoms with Crippen LogP contribution in [-0.2, 0) is 14.3 Å². The van der Waals surface area contributed by atoms with Gasteiger partial charge in [0.25, 0.3) is 5.91 Å². The summed E-state index contributed by atoms with van der Waals surface area (Å²) in [4.78, 5) is 29.8. The summed E-state index contributed by atoms with van der Waals surface area (Å²) in [6, 6.07) is 10.7. The van der Waals surface area contributed by atoms with Gasteiger partial charge in [-0.1, -0.05) is 18.2 Å². The van der Waals surface area contributed by atoms with Gasteiger partial charge in [0.15, 0.2) is 0 Å². The van der Waals surface area contributed by atoms with Crippen LogP contribution in [-0.4, -0.2) is 56.8 Å². The van der Waals surface area contributed by atoms with E-state index >= 15 is 0 Å². The van der Waals surface area contributed by atoms with Crippen molar-refractivity contribution in [1.82, 2.24) is 10.3 Å². The molecule has 0 bridgehead atoms. The Balaban J connectivity index is 1.49. The summed E-state index contributed by atoms with van der Waals surface area (Å²) in [5, 5.41) is 8.66. The van der Waals surface area contributed by atoms with Crippen LogP contribution in [0.25, 0.3) is 0 Å². The van der Waals surface area contributed by atoms with E-state index in [0.29, 0.717) is 42.8 Å². The van der Waals surface area contributed by atoms with Crippen LogP contribution in [0.1, 0.15) is 46.8 Å². The van der Waals surface area contributed by atoms with E-state index < -0.39 is 0 Å². The summed E-state index contributed by atoms with van der Waals surface area (Å²) < 4.78 is 10.8. The number of benzene rings is 1. The monoisotopic (exact) mass is 440 g/mol. The van der Waals surface area contributed by atoms with Crippen molar-refractivity contribution in [1.29, 1.82) is 0 Å². The molecule has 0 unspecified atom stereocenters. The van der Waals surface area contributed by atoms with E-state index in [4.69, 9.17) is 9.47 Å². The summed E-state index contributed by atoms with van der Waals surface area (Å²) in [7, 11) is 1.87. The van der Waals surface area contributed by atoms with Gasteiger partial charge in [-0.2, -0.15) is 0 Å². The van der Waals surface area contributed by atoms with Crippen LogP contribution in [0.3, 0.4) is 0 Å². The first-order chi connectivity index (χ1) is 15.6. The molecule has 1 fully saturated rings. The molecule has 2 aromatic rings. The number of amides is 2. The topological polar surface area (TPSA) is 102 Å². The molecule has 8 nitrogen and oxygen atoms in total. The normalized spacial score (nSPS) is 13.1. The number of rotatable bonds is 13. The van der Waals surface area contributed by atoms with Crippen LogP contribution < -0.4 is 16.0 Å². The molecule has 32 heavy (non-hydrogen) atoms. The number of hydrogen-bond donors (Lipinski definition) is 3. The van der Waals surface area contributed by atoms with Gasteiger partial charge >= 0.3 is 0 Å². The molecule has 1 aromatic carbocycles. The third-order valence-corrected chi connectivity index (χ3v) is 5.13. The SMILES string of the molecule is CNCCOCCOCCC(=O)Nc1ccccc1C(=O)Nc1ccc(C)c(C2CC2)n1. The molecule has 1 aliphatic carbocycles. The molecule has 1 heterocycles. The van der Waals surface area contributed by atoms with Crippen molar-refractivity contribution in [3.8, 4) is 0 Å². The van der Waals surface area contributed by atoms with Crippen molar-refractivity contribution in [2.45, 2.75) is 32.1 Å². The van der Waals surface area contributed by atoms with Crippen LogP contribution in [0.15, 0.2) is 36.4 Å². The van der Waals surface area contributed by atoms with Crippen molar-refractivity contribution in [2.75, 3.05) is 50.7 Å². The highest BCUT2D eigenvalue weighted by Crippen LogP contribution is 2.40. The number of pyridine rings is 1. The average Bonchev–Trinajstić information content (AvgIpc) is 3.62. The maximum atomic E-state index is 12.9. The minimum absolute atomic E-state index is 0.191. The molecule has 0 aliphatic heterocycles. The number of likely N-dealkylation sites (N-methyl/N-ethyl adjacent to an activating group) is 1. The summed E-state index contributed by atoms with van der Waals surface area (Å²) >= 11 is 0. The molecule has 8 heteroatoms. The minimum atomic E-state index is -0.311.